The number of amides is 2. The van der Waals surface area contributed by atoms with Gasteiger partial charge in [-0.25, -0.2) is 0 Å². The molecule has 2 amide bonds. The van der Waals surface area contributed by atoms with E-state index in [-0.39, 0.29) is 37.8 Å². The summed E-state index contributed by atoms with van der Waals surface area (Å²) in [6.45, 7) is 1.18. The van der Waals surface area contributed by atoms with Crippen LogP contribution in [0.5, 0.6) is 5.75 Å². The number of aryl methyl sites for hydroxylation is 2. The van der Waals surface area contributed by atoms with Crippen LogP contribution in [0, 0.1) is 0 Å². The molecule has 1 N–H and O–H groups in total. The Bertz CT molecular complexity index is 1160. The minimum atomic E-state index is -0.672. The van der Waals surface area contributed by atoms with Gasteiger partial charge < -0.3 is 19.7 Å². The Morgan fingerprint density at radius 1 is 1.21 bits per heavy atom. The molecule has 0 spiro atoms. The molecule has 1 aliphatic heterocycles. The van der Waals surface area contributed by atoms with Crippen LogP contribution in [0.2, 0.25) is 0 Å². The molecule has 3 aromatic rings. The molecule has 176 valence electrons. The smallest absolute Gasteiger partial charge is 0.255 e. The number of fused-ring (bicyclic) bond motifs is 1. The molecule has 0 fully saturated rings. The van der Waals surface area contributed by atoms with E-state index < -0.39 is 6.04 Å². The minimum absolute atomic E-state index is 0.170. The van der Waals surface area contributed by atoms with Crippen molar-refractivity contribution in [1.29, 1.82) is 0 Å². The molecule has 0 saturated heterocycles. The maximum atomic E-state index is 12.9. The van der Waals surface area contributed by atoms with Crippen molar-refractivity contribution in [2.75, 3.05) is 7.05 Å². The van der Waals surface area contributed by atoms with Gasteiger partial charge >= 0.3 is 0 Å². The van der Waals surface area contributed by atoms with Gasteiger partial charge in [0.05, 0.1) is 18.8 Å². The van der Waals surface area contributed by atoms with Gasteiger partial charge in [-0.3, -0.25) is 14.3 Å². The second kappa shape index (κ2) is 10.7. The molecule has 0 aliphatic carbocycles. The number of hydrogen-bond donors (Lipinski definition) is 1. The Labute approximate surface area is 197 Å². The number of aromatic nitrogens is 3. The van der Waals surface area contributed by atoms with Crippen LogP contribution in [-0.2, 0) is 35.7 Å². The highest BCUT2D eigenvalue weighted by Crippen LogP contribution is 2.33. The lowest BCUT2D eigenvalue weighted by Gasteiger charge is -2.22. The van der Waals surface area contributed by atoms with E-state index in [0.29, 0.717) is 23.6 Å². The first-order valence-corrected chi connectivity index (χ1v) is 11.2. The molecule has 0 saturated carbocycles. The van der Waals surface area contributed by atoms with Gasteiger partial charge in [0, 0.05) is 31.1 Å². The Balaban J connectivity index is 1.38. The molecule has 1 aliphatic rings. The first kappa shape index (κ1) is 23.2. The summed E-state index contributed by atoms with van der Waals surface area (Å²) in [6.07, 6.45) is 3.87. The topological polar surface area (TPSA) is 106 Å². The zero-order valence-electron chi connectivity index (χ0n) is 19.0. The van der Waals surface area contributed by atoms with Crippen molar-refractivity contribution in [3.63, 3.8) is 0 Å². The number of nitrogens with one attached hydrogen (secondary N) is 1. The predicted molar refractivity (Wildman–Crippen MR) is 124 cm³/mol. The first-order chi connectivity index (χ1) is 16.6. The quantitative estimate of drug-likeness (QED) is 0.439. The molecule has 2 heterocycles. The number of carbonyl (C=O) groups excluding carboxylic acids is 3. The Morgan fingerprint density at radius 3 is 2.79 bits per heavy atom. The highest BCUT2D eigenvalue weighted by atomic mass is 16.5. The molecule has 2 aromatic carbocycles. The van der Waals surface area contributed by atoms with Crippen molar-refractivity contribution < 1.29 is 19.1 Å². The van der Waals surface area contributed by atoms with E-state index in [9.17, 15) is 14.4 Å². The number of nitrogens with zero attached hydrogens (tertiary/aromatic N) is 4. The van der Waals surface area contributed by atoms with Crippen molar-refractivity contribution in [3.8, 4) is 5.75 Å². The molecule has 9 heteroatoms. The zero-order valence-corrected chi connectivity index (χ0v) is 19.0. The minimum Gasteiger partial charge on any atom is -0.487 e. The molecule has 1 unspecified atom stereocenters. The third-order valence-electron chi connectivity index (χ3n) is 5.89. The summed E-state index contributed by atoms with van der Waals surface area (Å²) in [5.74, 6) is 0.168. The summed E-state index contributed by atoms with van der Waals surface area (Å²) >= 11 is 0. The van der Waals surface area contributed by atoms with E-state index >= 15 is 0 Å². The molecule has 1 aromatic heterocycles. The lowest BCUT2D eigenvalue weighted by atomic mass is 10.1. The van der Waals surface area contributed by atoms with E-state index in [1.807, 2.05) is 24.4 Å². The number of rotatable bonds is 11. The van der Waals surface area contributed by atoms with Crippen LogP contribution in [0.4, 0.5) is 0 Å². The summed E-state index contributed by atoms with van der Waals surface area (Å²) in [4.78, 5) is 37.6. The Morgan fingerprint density at radius 2 is 2.03 bits per heavy atom. The SMILES string of the molecule is CNC(=O)CCC(C=O)N1Cc2c(OCc3cn(CCc4ccccc4)nn3)cccc2C1=O. The monoisotopic (exact) mass is 461 g/mol. The predicted octanol–water partition coefficient (Wildman–Crippen LogP) is 2.15. The van der Waals surface area contributed by atoms with Gasteiger partial charge in [0.2, 0.25) is 5.91 Å². The average Bonchev–Trinajstić information content (AvgIpc) is 3.47. The molecule has 0 radical (unpaired) electrons. The summed E-state index contributed by atoms with van der Waals surface area (Å²) in [6, 6.07) is 14.8. The summed E-state index contributed by atoms with van der Waals surface area (Å²) in [5, 5.41) is 10.9. The number of benzene rings is 2. The average molecular weight is 462 g/mol. The summed E-state index contributed by atoms with van der Waals surface area (Å²) in [5.41, 5.74) is 3.16. The highest BCUT2D eigenvalue weighted by molar-refractivity contribution is 6.00. The lowest BCUT2D eigenvalue weighted by molar-refractivity contribution is -0.121. The van der Waals surface area contributed by atoms with Crippen LogP contribution >= 0.6 is 0 Å². The zero-order chi connectivity index (χ0) is 23.9. The van der Waals surface area contributed by atoms with E-state index in [2.05, 4.69) is 27.8 Å². The van der Waals surface area contributed by atoms with Crippen LogP contribution in [0.15, 0.2) is 54.7 Å². The van der Waals surface area contributed by atoms with Crippen LogP contribution in [0.25, 0.3) is 0 Å². The van der Waals surface area contributed by atoms with Gasteiger partial charge in [-0.15, -0.1) is 5.10 Å². The molecule has 1 atom stereocenters. The number of carbonyl (C=O) groups is 3. The van der Waals surface area contributed by atoms with Crippen molar-refractivity contribution in [2.24, 2.45) is 0 Å². The molecule has 4 rings (SSSR count). The number of aldehydes is 1. The third-order valence-corrected chi connectivity index (χ3v) is 5.89. The summed E-state index contributed by atoms with van der Waals surface area (Å²) < 4.78 is 7.77. The Kier molecular flexibility index (Phi) is 7.31. The third kappa shape index (κ3) is 5.31. The molecule has 0 bridgehead atoms. The Hall–Kier alpha value is -4.01. The normalized spacial score (nSPS) is 13.4. The van der Waals surface area contributed by atoms with E-state index in [4.69, 9.17) is 4.74 Å². The van der Waals surface area contributed by atoms with Gasteiger partial charge in [0.15, 0.2) is 0 Å². The van der Waals surface area contributed by atoms with Gasteiger partial charge in [-0.1, -0.05) is 41.6 Å². The van der Waals surface area contributed by atoms with Crippen molar-refractivity contribution in [1.82, 2.24) is 25.2 Å². The maximum Gasteiger partial charge on any atom is 0.255 e. The van der Waals surface area contributed by atoms with Gasteiger partial charge in [-0.2, -0.15) is 0 Å². The van der Waals surface area contributed by atoms with Crippen LogP contribution < -0.4 is 10.1 Å². The van der Waals surface area contributed by atoms with Crippen LogP contribution in [0.3, 0.4) is 0 Å². The van der Waals surface area contributed by atoms with Crippen molar-refractivity contribution >= 4 is 18.1 Å². The van der Waals surface area contributed by atoms with Gasteiger partial charge in [0.1, 0.15) is 24.3 Å². The fraction of sp³-hybridized carbons (Fsp3) is 0.320. The van der Waals surface area contributed by atoms with Crippen LogP contribution in [-0.4, -0.2) is 51.1 Å². The second-order valence-electron chi connectivity index (χ2n) is 8.13. The number of ether oxygens (including phenoxy) is 1. The molecular formula is C25H27N5O4. The lowest BCUT2D eigenvalue weighted by Crippen LogP contribution is -2.37. The summed E-state index contributed by atoms with van der Waals surface area (Å²) in [7, 11) is 1.54. The standard InChI is InChI=1S/C25H27N5O4/c1-26-24(32)11-10-20(16-31)30-15-22-21(25(30)33)8-5-9-23(22)34-17-19-14-29(28-27-19)13-12-18-6-3-2-4-7-18/h2-9,14,16,20H,10-13,15,17H2,1H3,(H,26,32). The van der Waals surface area contributed by atoms with Crippen molar-refractivity contribution in [2.45, 2.75) is 45.0 Å². The molecule has 9 nitrogen and oxygen atoms in total. The molecular weight excluding hydrogens is 434 g/mol. The van der Waals surface area contributed by atoms with E-state index in [1.165, 1.54) is 10.5 Å². The fourth-order valence-corrected chi connectivity index (χ4v) is 3.98. The second-order valence-corrected chi connectivity index (χ2v) is 8.13. The highest BCUT2D eigenvalue weighted by Gasteiger charge is 2.34. The van der Waals surface area contributed by atoms with Crippen molar-refractivity contribution in [3.05, 3.63) is 77.1 Å². The van der Waals surface area contributed by atoms with Gasteiger partial charge in [-0.05, 0) is 30.5 Å². The van der Waals surface area contributed by atoms with Gasteiger partial charge in [0.25, 0.3) is 5.91 Å². The van der Waals surface area contributed by atoms with Crippen LogP contribution in [0.1, 0.15) is 40.0 Å². The fourth-order valence-electron chi connectivity index (χ4n) is 3.98. The maximum absolute atomic E-state index is 12.9. The van der Waals surface area contributed by atoms with E-state index in [0.717, 1.165) is 18.3 Å². The first-order valence-electron chi connectivity index (χ1n) is 11.2. The largest absolute Gasteiger partial charge is 0.487 e. The van der Waals surface area contributed by atoms with E-state index in [1.54, 1.807) is 29.9 Å². The number of hydrogen-bond acceptors (Lipinski definition) is 6. The molecule has 34 heavy (non-hydrogen) atoms.